The summed E-state index contributed by atoms with van der Waals surface area (Å²) in [4.78, 5) is 0. The summed E-state index contributed by atoms with van der Waals surface area (Å²) in [6.45, 7) is 37.7. The molecule has 0 saturated heterocycles. The van der Waals surface area contributed by atoms with Crippen LogP contribution in [0, 0.1) is 0 Å². The van der Waals surface area contributed by atoms with Crippen LogP contribution in [0.25, 0.3) is 0 Å². The minimum absolute atomic E-state index is 0. The van der Waals surface area contributed by atoms with Gasteiger partial charge in [-0.3, -0.25) is 0 Å². The predicted octanol–water partition coefficient (Wildman–Crippen LogP) is 5.06. The first-order valence-corrected chi connectivity index (χ1v) is 34.7. The number of unbranched alkanes of at least 4 members (excludes halogenated alkanes) is 3. The molecule has 12 radical (unpaired) electrons. The second kappa shape index (κ2) is 59.8. The molecule has 2 unspecified atom stereocenters. The molecule has 8 nitrogen and oxygen atoms in total. The summed E-state index contributed by atoms with van der Waals surface area (Å²) in [5, 5.41) is 0. The normalized spacial score (nSPS) is 13.3. The molecule has 2 saturated carbocycles. The van der Waals surface area contributed by atoms with E-state index in [0.29, 0.717) is 49.6 Å². The van der Waals surface area contributed by atoms with Gasteiger partial charge in [0, 0.05) is 0 Å². The third-order valence-corrected chi connectivity index (χ3v) is 41.7. The fraction of sp³-hybridized carbons (Fsp3) is 0.750. The van der Waals surface area contributed by atoms with Crippen LogP contribution in [-0.4, -0.2) is 242 Å². The average molecular weight is 1730 g/mol. The third kappa shape index (κ3) is 56.2. The molecule has 0 aromatic rings. The molecule has 8 N–H and O–H groups in total. The zero-order valence-electron chi connectivity index (χ0n) is 41.0. The van der Waals surface area contributed by atoms with E-state index in [4.69, 9.17) is 10.6 Å². The molecule has 0 heterocycles. The van der Waals surface area contributed by atoms with Crippen molar-refractivity contribution >= 4 is 220 Å². The van der Waals surface area contributed by atoms with Gasteiger partial charge in [0.25, 0.3) is 0 Å². The first kappa shape index (κ1) is 91.0. The first-order chi connectivity index (χ1) is 24.0. The SMILES string of the molecule is C1CCC1.C1CCC1.C=C(C)C[Si](CCCC)(CC(=C)C)CC(=C)C.C=C(C)C[Si](CCCC)([O][InH2])[O][SnH].C=C(C)C[Si](CCCC)([O][InH2])[O][SnH].O.O.O.O.[InH2].[InH2].[SnH].[SnH]. The van der Waals surface area contributed by atoms with Gasteiger partial charge in [0.15, 0.2) is 0 Å². The predicted molar refractivity (Wildman–Crippen MR) is 293 cm³/mol. The van der Waals surface area contributed by atoms with Crippen molar-refractivity contribution in [3.63, 3.8) is 0 Å². The Hall–Kier alpha value is 5.71. The fourth-order valence-electron chi connectivity index (χ4n) is 6.06. The van der Waals surface area contributed by atoms with Crippen LogP contribution in [0.15, 0.2) is 60.8 Å². The van der Waals surface area contributed by atoms with E-state index in [1.807, 2.05) is 0 Å². The minimum atomic E-state index is -1.78. The molecule has 0 aromatic heterocycles. The third-order valence-electron chi connectivity index (χ3n) is 9.23. The molecule has 59 heavy (non-hydrogen) atoms. The number of hydrogen-bond acceptors (Lipinski definition) is 4. The summed E-state index contributed by atoms with van der Waals surface area (Å²) in [5.41, 5.74) is 6.45. The monoisotopic (exact) mass is 1730 g/mol. The Balaban J connectivity index is -0.0000000559. The van der Waals surface area contributed by atoms with Gasteiger partial charge in [-0.1, -0.05) is 93.9 Å². The van der Waals surface area contributed by atoms with E-state index in [1.165, 1.54) is 142 Å². The van der Waals surface area contributed by atoms with E-state index in [-0.39, 0.29) is 121 Å². The molecular formula is C40H98In4O8Si3Sn4. The van der Waals surface area contributed by atoms with Gasteiger partial charge in [-0.05, 0) is 38.9 Å². The summed E-state index contributed by atoms with van der Waals surface area (Å²) in [7, 11) is -4.86. The Morgan fingerprint density at radius 3 is 0.797 bits per heavy atom. The van der Waals surface area contributed by atoms with Gasteiger partial charge in [-0.2, -0.15) is 0 Å². The zero-order valence-corrected chi connectivity index (χ0v) is 80.0. The van der Waals surface area contributed by atoms with Gasteiger partial charge < -0.3 is 21.9 Å². The van der Waals surface area contributed by atoms with E-state index in [2.05, 4.69) is 88.3 Å². The van der Waals surface area contributed by atoms with Crippen molar-refractivity contribution < 1.29 is 32.5 Å². The van der Waals surface area contributed by atoms with Gasteiger partial charge in [0.2, 0.25) is 0 Å². The van der Waals surface area contributed by atoms with Crippen molar-refractivity contribution in [1.82, 2.24) is 0 Å². The molecule has 0 amide bonds. The number of allylic oxidation sites excluding steroid dienone is 5. The van der Waals surface area contributed by atoms with E-state index in [1.54, 1.807) is 0 Å². The van der Waals surface area contributed by atoms with Crippen LogP contribution in [0.5, 0.6) is 0 Å². The summed E-state index contributed by atoms with van der Waals surface area (Å²) in [6, 6.07) is 9.45. The fourth-order valence-corrected chi connectivity index (χ4v) is 39.3. The van der Waals surface area contributed by atoms with Gasteiger partial charge in [-0.25, -0.2) is 0 Å². The molecule has 2 fully saturated rings. The van der Waals surface area contributed by atoms with E-state index < -0.39 is 25.2 Å². The van der Waals surface area contributed by atoms with Crippen LogP contribution >= 0.6 is 0 Å². The molecule has 2 aliphatic carbocycles. The topological polar surface area (TPSA) is 163 Å². The maximum atomic E-state index is 5.80. The van der Waals surface area contributed by atoms with E-state index in [0.717, 1.165) is 70.1 Å². The molecule has 0 aromatic carbocycles. The average Bonchev–Trinajstić information content (AvgIpc) is 2.98. The molecule has 2 atom stereocenters. The second-order valence-corrected chi connectivity index (χ2v) is 38.0. The summed E-state index contributed by atoms with van der Waals surface area (Å²) in [5.74, 6) is 0. The van der Waals surface area contributed by atoms with Crippen molar-refractivity contribution in [2.45, 2.75) is 194 Å². The standard InChI is InChI=1S/C16H30Si.2C8H16O2Si.2C4H8.4In.4H2O.4Sn.12H/c1-8-9-10-17(11-14(2)3,12-15(4)5)13-16(6)7;2*1-4-5-6-11(9,10)7-8(2)3;2*1-2-4-3-1;;;;;;;;;;;;;;;;;;;;;;;;/h2,4,6,8-13H2,1,3,5,7H3;2*2,4-7H2,1,3H3;2*1-4H2;;;;;4*1H2;;;;;;;;;;;;;;;;/q;2*-2;;;;;2*+1;;;;;;;2*+1;;;;;;;;;;;;. The molecular weight excluding hydrogens is 1630 g/mol. The van der Waals surface area contributed by atoms with Crippen LogP contribution in [0.1, 0.15) is 145 Å². The van der Waals surface area contributed by atoms with Gasteiger partial charge >= 0.3 is 325 Å². The van der Waals surface area contributed by atoms with Crippen LogP contribution in [0.2, 0.25) is 48.4 Å². The van der Waals surface area contributed by atoms with Gasteiger partial charge in [-0.15, -0.1) is 19.7 Å². The Bertz CT molecular complexity index is 874. The molecule has 19 heteroatoms. The second-order valence-electron chi connectivity index (χ2n) is 15.8. The molecule has 2 aliphatic rings. The summed E-state index contributed by atoms with van der Waals surface area (Å²) >= 11 is 2.32. The quantitative estimate of drug-likeness (QED) is 0.103. The van der Waals surface area contributed by atoms with Crippen LogP contribution in [-0.2, 0) is 10.6 Å². The maximum absolute atomic E-state index is 5.80. The van der Waals surface area contributed by atoms with Crippen LogP contribution in [0.4, 0.5) is 0 Å². The van der Waals surface area contributed by atoms with E-state index in [9.17, 15) is 0 Å². The number of rotatable bonds is 23. The Kier molecular flexibility index (Phi) is 92.3. The van der Waals surface area contributed by atoms with Crippen molar-refractivity contribution in [1.29, 1.82) is 0 Å². The summed E-state index contributed by atoms with van der Waals surface area (Å²) < 4.78 is 23.1. The Morgan fingerprint density at radius 1 is 0.458 bits per heavy atom. The van der Waals surface area contributed by atoms with Gasteiger partial charge in [0.05, 0.1) is 8.07 Å². The summed E-state index contributed by atoms with van der Waals surface area (Å²) in [6.07, 6.45) is 19.6. The molecule has 0 spiro atoms. The molecule has 2 rings (SSSR count). The van der Waals surface area contributed by atoms with Crippen molar-refractivity contribution in [2.75, 3.05) is 0 Å². The van der Waals surface area contributed by atoms with Gasteiger partial charge in [0.1, 0.15) is 0 Å². The van der Waals surface area contributed by atoms with Crippen molar-refractivity contribution in [2.24, 2.45) is 0 Å². The molecule has 0 aliphatic heterocycles. The Labute approximate surface area is 499 Å². The Morgan fingerprint density at radius 2 is 0.661 bits per heavy atom. The zero-order chi connectivity index (χ0) is 39.8. The van der Waals surface area contributed by atoms with E-state index >= 15 is 0 Å². The molecule has 0 bridgehead atoms. The first-order valence-electron chi connectivity index (χ1n) is 20.1. The molecule has 346 valence electrons. The van der Waals surface area contributed by atoms with Crippen LogP contribution in [0.3, 0.4) is 0 Å². The van der Waals surface area contributed by atoms with Crippen molar-refractivity contribution in [3.05, 3.63) is 60.8 Å². The van der Waals surface area contributed by atoms with Crippen molar-refractivity contribution in [3.8, 4) is 0 Å². The number of hydrogen-bond donors (Lipinski definition) is 0. The van der Waals surface area contributed by atoms with Crippen LogP contribution < -0.4 is 0 Å².